The Labute approximate surface area is 185 Å². The van der Waals surface area contributed by atoms with Gasteiger partial charge in [0.15, 0.2) is 0 Å². The Morgan fingerprint density at radius 3 is 2.09 bits per heavy atom. The summed E-state index contributed by atoms with van der Waals surface area (Å²) in [6.45, 7) is 0. The molecule has 0 aliphatic carbocycles. The quantitative estimate of drug-likeness (QED) is 0.451. The van der Waals surface area contributed by atoms with Gasteiger partial charge in [0.05, 0.1) is 34.3 Å². The molecule has 1 heterocycles. The second kappa shape index (κ2) is 9.24. The van der Waals surface area contributed by atoms with Crippen LogP contribution in [0.3, 0.4) is 0 Å². The molecular weight excluding hydrogens is 456 g/mol. The van der Waals surface area contributed by atoms with E-state index in [9.17, 15) is 21.6 Å². The molecule has 0 atom stereocenters. The lowest BCUT2D eigenvalue weighted by Crippen LogP contribution is -2.20. The molecule has 1 amide bonds. The minimum atomic E-state index is -4.06. The number of carbonyl (C=O) groups excluding carboxylic acids is 1. The molecule has 0 aliphatic heterocycles. The number of nitrogens with one attached hydrogen (secondary N) is 3. The van der Waals surface area contributed by atoms with E-state index in [-0.39, 0.29) is 26.8 Å². The van der Waals surface area contributed by atoms with Crippen molar-refractivity contribution in [2.24, 2.45) is 0 Å². The molecule has 12 heteroatoms. The molecule has 0 bridgehead atoms. The van der Waals surface area contributed by atoms with Gasteiger partial charge in [-0.25, -0.2) is 16.8 Å². The van der Waals surface area contributed by atoms with Crippen LogP contribution in [0.1, 0.15) is 10.4 Å². The van der Waals surface area contributed by atoms with E-state index in [2.05, 4.69) is 19.7 Å². The summed E-state index contributed by atoms with van der Waals surface area (Å²) in [4.78, 5) is 15.6. The van der Waals surface area contributed by atoms with Crippen LogP contribution >= 0.6 is 0 Å². The van der Waals surface area contributed by atoms with Crippen LogP contribution in [0.4, 0.5) is 11.4 Å². The van der Waals surface area contributed by atoms with Gasteiger partial charge in [-0.2, -0.15) is 0 Å². The monoisotopic (exact) mass is 476 g/mol. The van der Waals surface area contributed by atoms with Gasteiger partial charge >= 0.3 is 0 Å². The average Bonchev–Trinajstić information content (AvgIpc) is 2.78. The van der Waals surface area contributed by atoms with Crippen LogP contribution in [-0.4, -0.2) is 41.9 Å². The topological polar surface area (TPSA) is 144 Å². The SMILES string of the molecule is CNC(=O)c1cc(S(=O)(=O)Nc2ccc(S(=O)(=O)Nc3cccnc3)cc2)ccc1OC. The standard InChI is InChI=1S/C20H20N4O6S2/c1-21-20(25)18-12-17(9-10-19(18)30-2)32(28,29)23-14-5-7-16(8-6-14)31(26,27)24-15-4-3-11-22-13-15/h3-13,23-24H,1-2H3,(H,21,25). The molecule has 3 rings (SSSR count). The van der Waals surface area contributed by atoms with Gasteiger partial charge in [0.25, 0.3) is 26.0 Å². The number of anilines is 2. The molecule has 168 valence electrons. The molecule has 10 nitrogen and oxygen atoms in total. The Morgan fingerprint density at radius 2 is 1.50 bits per heavy atom. The van der Waals surface area contributed by atoms with Gasteiger partial charge in [-0.3, -0.25) is 19.2 Å². The van der Waals surface area contributed by atoms with Gasteiger partial charge in [0, 0.05) is 18.9 Å². The van der Waals surface area contributed by atoms with Crippen LogP contribution in [-0.2, 0) is 20.0 Å². The molecule has 32 heavy (non-hydrogen) atoms. The van der Waals surface area contributed by atoms with Crippen LogP contribution in [0.5, 0.6) is 5.75 Å². The lowest BCUT2D eigenvalue weighted by atomic mass is 10.2. The number of rotatable bonds is 8. The summed E-state index contributed by atoms with van der Waals surface area (Å²) in [5.41, 5.74) is 0.493. The number of methoxy groups -OCH3 is 1. The van der Waals surface area contributed by atoms with Crippen LogP contribution in [0.15, 0.2) is 76.8 Å². The van der Waals surface area contributed by atoms with Crippen molar-refractivity contribution in [3.63, 3.8) is 0 Å². The number of aromatic nitrogens is 1. The van der Waals surface area contributed by atoms with Gasteiger partial charge in [-0.15, -0.1) is 0 Å². The lowest BCUT2D eigenvalue weighted by molar-refractivity contribution is 0.0960. The molecule has 0 saturated heterocycles. The van der Waals surface area contributed by atoms with Gasteiger partial charge in [-0.1, -0.05) is 0 Å². The number of hydrogen-bond donors (Lipinski definition) is 3. The molecule has 0 spiro atoms. The van der Waals surface area contributed by atoms with E-state index in [4.69, 9.17) is 4.74 Å². The highest BCUT2D eigenvalue weighted by molar-refractivity contribution is 7.93. The fraction of sp³-hybridized carbons (Fsp3) is 0.100. The Kier molecular flexibility index (Phi) is 6.65. The van der Waals surface area contributed by atoms with Crippen molar-refractivity contribution in [3.8, 4) is 5.75 Å². The largest absolute Gasteiger partial charge is 0.496 e. The Hall–Kier alpha value is -3.64. The van der Waals surface area contributed by atoms with Crippen molar-refractivity contribution in [1.29, 1.82) is 0 Å². The summed E-state index contributed by atoms with van der Waals surface area (Å²) in [7, 11) is -5.15. The molecule has 0 fully saturated rings. The Bertz CT molecular complexity index is 1330. The molecule has 3 N–H and O–H groups in total. The number of amides is 1. The number of benzene rings is 2. The molecule has 2 aromatic carbocycles. The number of carbonyl (C=O) groups is 1. The third-order valence-corrected chi connectivity index (χ3v) is 7.06. The molecule has 0 aliphatic rings. The van der Waals surface area contributed by atoms with Crippen LogP contribution < -0.4 is 19.5 Å². The number of sulfonamides is 2. The van der Waals surface area contributed by atoms with Crippen molar-refractivity contribution in [2.45, 2.75) is 9.79 Å². The highest BCUT2D eigenvalue weighted by atomic mass is 32.2. The van der Waals surface area contributed by atoms with E-state index < -0.39 is 26.0 Å². The van der Waals surface area contributed by atoms with Crippen LogP contribution in [0.2, 0.25) is 0 Å². The zero-order valence-corrected chi connectivity index (χ0v) is 18.7. The van der Waals surface area contributed by atoms with Gasteiger partial charge in [0.1, 0.15) is 5.75 Å². The first-order valence-electron chi connectivity index (χ1n) is 9.12. The summed E-state index contributed by atoms with van der Waals surface area (Å²) in [5.74, 6) is -0.284. The molecule has 3 aromatic rings. The number of ether oxygens (including phenoxy) is 1. The molecule has 0 unspecified atom stereocenters. The van der Waals surface area contributed by atoms with Crippen molar-refractivity contribution < 1.29 is 26.4 Å². The molecule has 1 aromatic heterocycles. The van der Waals surface area contributed by atoms with Crippen molar-refractivity contribution >= 4 is 37.3 Å². The van der Waals surface area contributed by atoms with E-state index in [1.807, 2.05) is 0 Å². The van der Waals surface area contributed by atoms with E-state index in [0.717, 1.165) is 0 Å². The number of pyridine rings is 1. The van der Waals surface area contributed by atoms with E-state index in [1.165, 1.54) is 69.0 Å². The normalized spacial score (nSPS) is 11.4. The molecular formula is C20H20N4O6S2. The fourth-order valence-electron chi connectivity index (χ4n) is 2.72. The van der Waals surface area contributed by atoms with E-state index >= 15 is 0 Å². The van der Waals surface area contributed by atoms with Crippen LogP contribution in [0.25, 0.3) is 0 Å². The first kappa shape index (κ1) is 23.0. The summed E-state index contributed by atoms with van der Waals surface area (Å²) >= 11 is 0. The highest BCUT2D eigenvalue weighted by Crippen LogP contribution is 2.25. The van der Waals surface area contributed by atoms with Crippen molar-refractivity contribution in [2.75, 3.05) is 23.6 Å². The second-order valence-electron chi connectivity index (χ2n) is 6.42. The smallest absolute Gasteiger partial charge is 0.261 e. The first-order valence-corrected chi connectivity index (χ1v) is 12.1. The summed E-state index contributed by atoms with van der Waals surface area (Å²) in [5, 5.41) is 2.42. The van der Waals surface area contributed by atoms with Crippen molar-refractivity contribution in [1.82, 2.24) is 10.3 Å². The fourth-order valence-corrected chi connectivity index (χ4v) is 4.85. The summed E-state index contributed by atoms with van der Waals surface area (Å²) in [6, 6.07) is 12.2. The number of hydrogen-bond acceptors (Lipinski definition) is 7. The maximum absolute atomic E-state index is 12.8. The maximum Gasteiger partial charge on any atom is 0.261 e. The molecule has 0 saturated carbocycles. The predicted molar refractivity (Wildman–Crippen MR) is 119 cm³/mol. The highest BCUT2D eigenvalue weighted by Gasteiger charge is 2.20. The van der Waals surface area contributed by atoms with Gasteiger partial charge in [-0.05, 0) is 54.6 Å². The Balaban J connectivity index is 1.82. The van der Waals surface area contributed by atoms with Gasteiger partial charge in [0.2, 0.25) is 0 Å². The van der Waals surface area contributed by atoms with Crippen molar-refractivity contribution in [3.05, 3.63) is 72.6 Å². The third-order valence-electron chi connectivity index (χ3n) is 4.28. The van der Waals surface area contributed by atoms with E-state index in [1.54, 1.807) is 12.1 Å². The first-order chi connectivity index (χ1) is 15.2. The lowest BCUT2D eigenvalue weighted by Gasteiger charge is -2.12. The third kappa shape index (κ3) is 5.15. The zero-order chi connectivity index (χ0) is 23.4. The average molecular weight is 477 g/mol. The van der Waals surface area contributed by atoms with E-state index in [0.29, 0.717) is 5.69 Å². The number of nitrogens with zero attached hydrogens (tertiary/aromatic N) is 1. The summed E-state index contributed by atoms with van der Waals surface area (Å²) < 4.78 is 60.3. The minimum absolute atomic E-state index is 0.0563. The van der Waals surface area contributed by atoms with Gasteiger partial charge < -0.3 is 10.1 Å². The zero-order valence-electron chi connectivity index (χ0n) is 17.1. The van der Waals surface area contributed by atoms with Crippen LogP contribution in [0, 0.1) is 0 Å². The summed E-state index contributed by atoms with van der Waals surface area (Å²) in [6.07, 6.45) is 2.88. The maximum atomic E-state index is 12.8. The second-order valence-corrected chi connectivity index (χ2v) is 9.78. The Morgan fingerprint density at radius 1 is 0.875 bits per heavy atom. The predicted octanol–water partition coefficient (Wildman–Crippen LogP) is 2.05. The minimum Gasteiger partial charge on any atom is -0.496 e. The molecule has 0 radical (unpaired) electrons.